The molecule has 1 fully saturated rings. The van der Waals surface area contributed by atoms with Gasteiger partial charge in [0.05, 0.1) is 5.56 Å². The van der Waals surface area contributed by atoms with Crippen molar-refractivity contribution in [3.05, 3.63) is 22.6 Å². The Balaban J connectivity index is 2.34. The molecule has 1 amide bonds. The highest BCUT2D eigenvalue weighted by atomic mass is 16.4. The van der Waals surface area contributed by atoms with Gasteiger partial charge in [-0.25, -0.2) is 4.79 Å². The smallest absolute Gasteiger partial charge is 0.326 e. The molecule has 0 aliphatic carbocycles. The summed E-state index contributed by atoms with van der Waals surface area (Å²) in [5.74, 6) is 0.107. The van der Waals surface area contributed by atoms with E-state index >= 15 is 0 Å². The summed E-state index contributed by atoms with van der Waals surface area (Å²) in [6, 6.07) is -0.702. The van der Waals surface area contributed by atoms with Gasteiger partial charge in [-0.1, -0.05) is 0 Å². The second-order valence-electron chi connectivity index (χ2n) is 4.71. The topological polar surface area (TPSA) is 70.8 Å². The second kappa shape index (κ2) is 4.48. The third-order valence-corrected chi connectivity index (χ3v) is 3.57. The van der Waals surface area contributed by atoms with Crippen LogP contribution < -0.4 is 0 Å². The average Bonchev–Trinajstić information content (AvgIpc) is 2.85. The number of rotatable bonds is 2. The molecular weight excluding hydrogens is 234 g/mol. The third kappa shape index (κ3) is 1.89. The van der Waals surface area contributed by atoms with Gasteiger partial charge in [0.1, 0.15) is 17.6 Å². The molecule has 0 aromatic carbocycles. The lowest BCUT2D eigenvalue weighted by Crippen LogP contribution is -2.40. The van der Waals surface area contributed by atoms with Crippen molar-refractivity contribution in [1.82, 2.24) is 4.90 Å². The molecule has 1 saturated heterocycles. The van der Waals surface area contributed by atoms with E-state index in [1.54, 1.807) is 13.8 Å². The zero-order valence-corrected chi connectivity index (χ0v) is 10.8. The highest BCUT2D eigenvalue weighted by Gasteiger charge is 2.36. The predicted octanol–water partition coefficient (Wildman–Crippen LogP) is 1.89. The van der Waals surface area contributed by atoms with Crippen LogP contribution in [0.2, 0.25) is 0 Å². The molecule has 1 aliphatic rings. The number of aryl methyl sites for hydroxylation is 2. The summed E-state index contributed by atoms with van der Waals surface area (Å²) < 4.78 is 5.43. The van der Waals surface area contributed by atoms with Gasteiger partial charge in [-0.15, -0.1) is 0 Å². The van der Waals surface area contributed by atoms with Crippen LogP contribution in [-0.4, -0.2) is 34.5 Å². The van der Waals surface area contributed by atoms with E-state index in [0.717, 1.165) is 12.0 Å². The number of hydrogen-bond acceptors (Lipinski definition) is 3. The van der Waals surface area contributed by atoms with Crippen LogP contribution in [0.5, 0.6) is 0 Å². The van der Waals surface area contributed by atoms with E-state index in [1.165, 1.54) is 4.90 Å². The number of carboxylic acid groups (broad SMARTS) is 1. The summed E-state index contributed by atoms with van der Waals surface area (Å²) in [4.78, 5) is 25.0. The van der Waals surface area contributed by atoms with Gasteiger partial charge in [0.2, 0.25) is 0 Å². The molecule has 1 unspecified atom stereocenters. The lowest BCUT2D eigenvalue weighted by atomic mass is 10.1. The SMILES string of the molecule is Cc1oc(C)c(C(=O)N2CCCC2C(=O)O)c1C. The summed E-state index contributed by atoms with van der Waals surface area (Å²) in [5, 5.41) is 9.11. The Labute approximate surface area is 105 Å². The molecule has 1 N–H and O–H groups in total. The van der Waals surface area contributed by atoms with Crippen LogP contribution in [0.15, 0.2) is 4.42 Å². The molecule has 0 radical (unpaired) electrons. The monoisotopic (exact) mass is 251 g/mol. The van der Waals surface area contributed by atoms with Crippen molar-refractivity contribution >= 4 is 11.9 Å². The lowest BCUT2D eigenvalue weighted by Gasteiger charge is -2.21. The number of furan rings is 1. The molecule has 5 nitrogen and oxygen atoms in total. The maximum absolute atomic E-state index is 12.4. The van der Waals surface area contributed by atoms with Gasteiger partial charge in [-0.2, -0.15) is 0 Å². The van der Waals surface area contributed by atoms with Gasteiger partial charge in [0.25, 0.3) is 5.91 Å². The van der Waals surface area contributed by atoms with Crippen molar-refractivity contribution in [3.63, 3.8) is 0 Å². The maximum Gasteiger partial charge on any atom is 0.326 e. The molecule has 0 saturated carbocycles. The Kier molecular flexibility index (Phi) is 3.15. The zero-order chi connectivity index (χ0) is 13.4. The first-order valence-electron chi connectivity index (χ1n) is 6.04. The van der Waals surface area contributed by atoms with Crippen LogP contribution >= 0.6 is 0 Å². The summed E-state index contributed by atoms with van der Waals surface area (Å²) in [6.07, 6.45) is 1.26. The minimum Gasteiger partial charge on any atom is -0.480 e. The van der Waals surface area contributed by atoms with E-state index in [-0.39, 0.29) is 5.91 Å². The Hall–Kier alpha value is -1.78. The number of likely N-dealkylation sites (tertiary alicyclic amines) is 1. The Morgan fingerprint density at radius 3 is 2.44 bits per heavy atom. The molecular formula is C13H17NO4. The fourth-order valence-corrected chi connectivity index (χ4v) is 2.52. The molecule has 1 atom stereocenters. The summed E-state index contributed by atoms with van der Waals surface area (Å²) >= 11 is 0. The molecule has 0 bridgehead atoms. The largest absolute Gasteiger partial charge is 0.480 e. The van der Waals surface area contributed by atoms with Gasteiger partial charge in [-0.05, 0) is 33.6 Å². The number of carboxylic acids is 1. The van der Waals surface area contributed by atoms with Crippen molar-refractivity contribution < 1.29 is 19.1 Å². The number of nitrogens with zero attached hydrogens (tertiary/aromatic N) is 1. The first-order chi connectivity index (χ1) is 8.43. The van der Waals surface area contributed by atoms with Crippen LogP contribution in [0.4, 0.5) is 0 Å². The van der Waals surface area contributed by atoms with Gasteiger partial charge in [-0.3, -0.25) is 4.79 Å². The van der Waals surface area contributed by atoms with Gasteiger partial charge < -0.3 is 14.4 Å². The number of aliphatic carboxylic acids is 1. The van der Waals surface area contributed by atoms with Crippen LogP contribution in [0.25, 0.3) is 0 Å². The van der Waals surface area contributed by atoms with Crippen LogP contribution in [0, 0.1) is 20.8 Å². The fourth-order valence-electron chi connectivity index (χ4n) is 2.52. The second-order valence-corrected chi connectivity index (χ2v) is 4.71. The molecule has 2 rings (SSSR count). The zero-order valence-electron chi connectivity index (χ0n) is 10.8. The molecule has 2 heterocycles. The quantitative estimate of drug-likeness (QED) is 0.871. The van der Waals surface area contributed by atoms with Crippen molar-refractivity contribution in [2.75, 3.05) is 6.54 Å². The summed E-state index contributed by atoms with van der Waals surface area (Å²) in [5.41, 5.74) is 1.31. The summed E-state index contributed by atoms with van der Waals surface area (Å²) in [6.45, 7) is 5.86. The molecule has 1 aromatic heterocycles. The van der Waals surface area contributed by atoms with Crippen molar-refractivity contribution in [3.8, 4) is 0 Å². The lowest BCUT2D eigenvalue weighted by molar-refractivity contribution is -0.141. The van der Waals surface area contributed by atoms with E-state index in [1.807, 2.05) is 6.92 Å². The number of hydrogen-bond donors (Lipinski definition) is 1. The first kappa shape index (κ1) is 12.7. The van der Waals surface area contributed by atoms with E-state index in [4.69, 9.17) is 9.52 Å². The van der Waals surface area contributed by atoms with Gasteiger partial charge in [0, 0.05) is 12.1 Å². The van der Waals surface area contributed by atoms with E-state index in [0.29, 0.717) is 30.0 Å². The van der Waals surface area contributed by atoms with Crippen LogP contribution in [0.1, 0.15) is 40.3 Å². The van der Waals surface area contributed by atoms with Crippen LogP contribution in [0.3, 0.4) is 0 Å². The van der Waals surface area contributed by atoms with E-state index < -0.39 is 12.0 Å². The number of carbonyl (C=O) groups is 2. The Bertz CT molecular complexity index is 503. The minimum absolute atomic E-state index is 0.230. The summed E-state index contributed by atoms with van der Waals surface area (Å²) in [7, 11) is 0. The highest BCUT2D eigenvalue weighted by molar-refractivity contribution is 5.99. The molecule has 98 valence electrons. The molecule has 1 aromatic rings. The molecule has 1 aliphatic heterocycles. The maximum atomic E-state index is 12.4. The Morgan fingerprint density at radius 1 is 1.28 bits per heavy atom. The van der Waals surface area contributed by atoms with Crippen LogP contribution in [-0.2, 0) is 4.79 Å². The number of amides is 1. The van der Waals surface area contributed by atoms with Gasteiger partial charge in [0.15, 0.2) is 0 Å². The van der Waals surface area contributed by atoms with Crippen molar-refractivity contribution in [1.29, 1.82) is 0 Å². The Morgan fingerprint density at radius 2 is 1.94 bits per heavy atom. The molecule has 5 heteroatoms. The predicted molar refractivity (Wildman–Crippen MR) is 64.6 cm³/mol. The fraction of sp³-hybridized carbons (Fsp3) is 0.538. The minimum atomic E-state index is -0.934. The van der Waals surface area contributed by atoms with E-state index in [2.05, 4.69) is 0 Å². The third-order valence-electron chi connectivity index (χ3n) is 3.57. The standard InChI is InChI=1S/C13H17NO4/c1-7-8(2)18-9(3)11(7)12(15)14-6-4-5-10(14)13(16)17/h10H,4-6H2,1-3H3,(H,16,17). The van der Waals surface area contributed by atoms with Crippen molar-refractivity contribution in [2.24, 2.45) is 0 Å². The normalized spacial score (nSPS) is 19.3. The van der Waals surface area contributed by atoms with E-state index in [9.17, 15) is 9.59 Å². The highest BCUT2D eigenvalue weighted by Crippen LogP contribution is 2.26. The van der Waals surface area contributed by atoms with Gasteiger partial charge >= 0.3 is 5.97 Å². The average molecular weight is 251 g/mol. The van der Waals surface area contributed by atoms with Crippen molar-refractivity contribution in [2.45, 2.75) is 39.7 Å². The molecule has 18 heavy (non-hydrogen) atoms. The first-order valence-corrected chi connectivity index (χ1v) is 6.04. The molecule has 0 spiro atoms. The number of carbonyl (C=O) groups excluding carboxylic acids is 1.